The lowest BCUT2D eigenvalue weighted by atomic mass is 10.0. The van der Waals surface area contributed by atoms with Crippen LogP contribution in [0.3, 0.4) is 0 Å². The zero-order valence-corrected chi connectivity index (χ0v) is 17.4. The van der Waals surface area contributed by atoms with Crippen LogP contribution in [-0.4, -0.2) is 20.8 Å². The van der Waals surface area contributed by atoms with Crippen LogP contribution in [0.2, 0.25) is 0 Å². The van der Waals surface area contributed by atoms with Crippen LogP contribution >= 0.6 is 11.8 Å². The van der Waals surface area contributed by atoms with Crippen LogP contribution in [0.4, 0.5) is 0 Å². The second kappa shape index (κ2) is 7.84. The third-order valence-corrected chi connectivity index (χ3v) is 6.25. The highest BCUT2D eigenvalue weighted by Crippen LogP contribution is 2.26. The molecule has 0 aliphatic heterocycles. The van der Waals surface area contributed by atoms with Crippen LogP contribution in [0, 0.1) is 0 Å². The quantitative estimate of drug-likeness (QED) is 0.388. The molecule has 2 aromatic heterocycles. The lowest BCUT2D eigenvalue weighted by molar-refractivity contribution is 0.664. The first-order valence-corrected chi connectivity index (χ1v) is 11.1. The minimum absolute atomic E-state index is 0.00251. The number of rotatable bonds is 5. The molecule has 0 radical (unpaired) electrons. The molecule has 0 atom stereocenters. The van der Waals surface area contributed by atoms with Gasteiger partial charge in [-0.1, -0.05) is 36.4 Å². The number of benzene rings is 3. The van der Waals surface area contributed by atoms with E-state index in [-0.39, 0.29) is 5.56 Å². The van der Waals surface area contributed by atoms with Crippen molar-refractivity contribution in [2.75, 3.05) is 6.26 Å². The first-order valence-electron chi connectivity index (χ1n) is 9.91. The highest BCUT2D eigenvalue weighted by molar-refractivity contribution is 7.98. The molecule has 0 fully saturated rings. The Hall–Kier alpha value is -3.31. The van der Waals surface area contributed by atoms with Gasteiger partial charge in [0.1, 0.15) is 0 Å². The molecule has 4 nitrogen and oxygen atoms in total. The fraction of sp³-hybridized carbons (Fsp3) is 0.120. The molecule has 148 valence electrons. The first-order chi connectivity index (χ1) is 14.7. The largest absolute Gasteiger partial charge is 0.361 e. The summed E-state index contributed by atoms with van der Waals surface area (Å²) in [4.78, 5) is 22.2. The summed E-state index contributed by atoms with van der Waals surface area (Å²) in [7, 11) is 0. The number of thioether (sulfide) groups is 1. The van der Waals surface area contributed by atoms with Crippen LogP contribution in [0.1, 0.15) is 5.56 Å². The van der Waals surface area contributed by atoms with E-state index in [1.165, 1.54) is 15.8 Å². The fourth-order valence-corrected chi connectivity index (χ4v) is 4.34. The van der Waals surface area contributed by atoms with Crippen molar-refractivity contribution in [2.24, 2.45) is 0 Å². The maximum absolute atomic E-state index is 13.2. The first kappa shape index (κ1) is 18.7. The zero-order chi connectivity index (χ0) is 20.5. The maximum atomic E-state index is 13.2. The smallest absolute Gasteiger partial charge is 0.261 e. The van der Waals surface area contributed by atoms with Crippen LogP contribution in [-0.2, 0) is 13.0 Å². The summed E-state index contributed by atoms with van der Waals surface area (Å²) in [5.41, 5.74) is 5.20. The second-order valence-corrected chi connectivity index (χ2v) is 8.20. The lowest BCUT2D eigenvalue weighted by Gasteiger charge is -2.09. The number of hydrogen-bond acceptors (Lipinski definition) is 3. The summed E-state index contributed by atoms with van der Waals surface area (Å²) >= 11 is 1.71. The molecule has 2 heterocycles. The van der Waals surface area contributed by atoms with E-state index in [1.54, 1.807) is 22.7 Å². The van der Waals surface area contributed by atoms with Gasteiger partial charge in [0.05, 0.1) is 17.2 Å². The van der Waals surface area contributed by atoms with Gasteiger partial charge in [0.15, 0.2) is 0 Å². The van der Waals surface area contributed by atoms with Crippen LogP contribution in [0.25, 0.3) is 32.9 Å². The Labute approximate surface area is 178 Å². The van der Waals surface area contributed by atoms with Crippen LogP contribution in [0.5, 0.6) is 0 Å². The number of fused-ring (bicyclic) bond motifs is 2. The number of nitrogens with one attached hydrogen (secondary N) is 1. The summed E-state index contributed by atoms with van der Waals surface area (Å²) in [6.45, 7) is 0.593. The van der Waals surface area contributed by atoms with E-state index in [0.717, 1.165) is 28.6 Å². The van der Waals surface area contributed by atoms with Crippen molar-refractivity contribution in [3.05, 3.63) is 95.2 Å². The van der Waals surface area contributed by atoms with Crippen molar-refractivity contribution < 1.29 is 0 Å². The summed E-state index contributed by atoms with van der Waals surface area (Å²) in [5, 5.41) is 1.86. The predicted molar refractivity (Wildman–Crippen MR) is 125 cm³/mol. The zero-order valence-electron chi connectivity index (χ0n) is 16.6. The van der Waals surface area contributed by atoms with E-state index in [0.29, 0.717) is 11.9 Å². The van der Waals surface area contributed by atoms with E-state index >= 15 is 0 Å². The Morgan fingerprint density at radius 1 is 0.967 bits per heavy atom. The normalized spacial score (nSPS) is 11.4. The predicted octanol–water partition coefficient (Wildman–Crippen LogP) is 5.51. The van der Waals surface area contributed by atoms with E-state index in [1.807, 2.05) is 42.6 Å². The molecule has 0 unspecified atom stereocenters. The molecule has 1 N–H and O–H groups in total. The van der Waals surface area contributed by atoms with E-state index in [4.69, 9.17) is 0 Å². The van der Waals surface area contributed by atoms with E-state index in [9.17, 15) is 4.79 Å². The molecular weight excluding hydrogens is 390 g/mol. The molecule has 5 rings (SSSR count). The van der Waals surface area contributed by atoms with Crippen molar-refractivity contribution in [2.45, 2.75) is 17.9 Å². The van der Waals surface area contributed by atoms with Gasteiger partial charge in [0.2, 0.25) is 0 Å². The minimum Gasteiger partial charge on any atom is -0.361 e. The van der Waals surface area contributed by atoms with Crippen molar-refractivity contribution in [1.82, 2.24) is 14.5 Å². The Balaban J connectivity index is 1.49. The summed E-state index contributed by atoms with van der Waals surface area (Å²) in [6.07, 6.45) is 6.52. The summed E-state index contributed by atoms with van der Waals surface area (Å²) in [5.74, 6) is 0. The van der Waals surface area contributed by atoms with Crippen molar-refractivity contribution in [3.8, 4) is 11.1 Å². The molecule has 0 saturated heterocycles. The fourth-order valence-electron chi connectivity index (χ4n) is 3.88. The molecule has 5 aromatic rings. The van der Waals surface area contributed by atoms with Gasteiger partial charge in [-0.3, -0.25) is 9.36 Å². The van der Waals surface area contributed by atoms with Gasteiger partial charge in [-0.2, -0.15) is 0 Å². The molecule has 0 saturated carbocycles. The Kier molecular flexibility index (Phi) is 4.89. The Morgan fingerprint density at radius 2 is 1.83 bits per heavy atom. The molecule has 0 spiro atoms. The number of aromatic nitrogens is 3. The molecule has 0 amide bonds. The van der Waals surface area contributed by atoms with Crippen molar-refractivity contribution in [3.63, 3.8) is 0 Å². The van der Waals surface area contributed by atoms with Gasteiger partial charge in [0, 0.05) is 28.5 Å². The average Bonchev–Trinajstić information content (AvgIpc) is 3.22. The standard InChI is InChI=1S/C25H21N3OS/c1-30-20-6-4-5-17(13-20)18-9-10-24-22(14-18)25(29)28(16-27-24)12-11-19-15-26-23-8-3-2-7-21(19)23/h2-10,13-16,26H,11-12H2,1H3. The number of hydrogen-bond donors (Lipinski definition) is 1. The van der Waals surface area contributed by atoms with E-state index in [2.05, 4.69) is 46.6 Å². The van der Waals surface area contributed by atoms with Gasteiger partial charge in [-0.05, 0) is 59.7 Å². The van der Waals surface area contributed by atoms with Crippen LogP contribution < -0.4 is 5.56 Å². The number of aryl methyl sites for hydroxylation is 2. The van der Waals surface area contributed by atoms with Crippen LogP contribution in [0.15, 0.2) is 88.9 Å². The highest BCUT2D eigenvalue weighted by atomic mass is 32.2. The number of H-pyrrole nitrogens is 1. The van der Waals surface area contributed by atoms with Gasteiger partial charge in [-0.25, -0.2) is 4.98 Å². The SMILES string of the molecule is CSc1cccc(-c2ccc3ncn(CCc4c[nH]c5ccccc45)c(=O)c3c2)c1. The Morgan fingerprint density at radius 3 is 2.73 bits per heavy atom. The highest BCUT2D eigenvalue weighted by Gasteiger charge is 2.09. The molecular formula is C25H21N3OS. The molecule has 3 aromatic carbocycles. The molecule has 30 heavy (non-hydrogen) atoms. The third kappa shape index (κ3) is 3.42. The monoisotopic (exact) mass is 411 g/mol. The summed E-state index contributed by atoms with van der Waals surface area (Å²) < 4.78 is 1.71. The molecule has 0 aliphatic rings. The van der Waals surface area contributed by atoms with Gasteiger partial charge in [0.25, 0.3) is 5.56 Å². The van der Waals surface area contributed by atoms with Gasteiger partial charge in [-0.15, -0.1) is 11.8 Å². The second-order valence-electron chi connectivity index (χ2n) is 7.32. The van der Waals surface area contributed by atoms with Gasteiger partial charge >= 0.3 is 0 Å². The maximum Gasteiger partial charge on any atom is 0.261 e. The van der Waals surface area contributed by atoms with Crippen molar-refractivity contribution in [1.29, 1.82) is 0 Å². The van der Waals surface area contributed by atoms with Gasteiger partial charge < -0.3 is 4.98 Å². The third-order valence-electron chi connectivity index (χ3n) is 5.52. The molecule has 5 heteroatoms. The lowest BCUT2D eigenvalue weighted by Crippen LogP contribution is -2.21. The topological polar surface area (TPSA) is 50.7 Å². The average molecular weight is 412 g/mol. The van der Waals surface area contributed by atoms with E-state index < -0.39 is 0 Å². The molecule has 0 aliphatic carbocycles. The summed E-state index contributed by atoms with van der Waals surface area (Å²) in [6, 6.07) is 22.5. The number of para-hydroxylation sites is 1. The van der Waals surface area contributed by atoms with Crippen molar-refractivity contribution >= 4 is 33.6 Å². The number of nitrogens with zero attached hydrogens (tertiary/aromatic N) is 2. The Bertz CT molecular complexity index is 1420. The number of aromatic amines is 1. The molecule has 0 bridgehead atoms. The minimum atomic E-state index is 0.00251.